The average molecular weight is 550 g/mol. The minimum atomic E-state index is -1.19. The van der Waals surface area contributed by atoms with Gasteiger partial charge in [-0.3, -0.25) is 9.78 Å². The number of hydrogen-bond acceptors (Lipinski definition) is 6. The molecule has 0 fully saturated rings. The van der Waals surface area contributed by atoms with Crippen molar-refractivity contribution in [2.45, 2.75) is 77.3 Å². The van der Waals surface area contributed by atoms with Gasteiger partial charge in [-0.25, -0.2) is 4.39 Å². The van der Waals surface area contributed by atoms with Crippen LogP contribution < -0.4 is 9.47 Å². The number of nitrogens with zero attached hydrogens (tertiary/aromatic N) is 1. The number of halogens is 1. The van der Waals surface area contributed by atoms with Crippen LogP contribution in [-0.2, 0) is 17.8 Å². The number of pyridine rings is 1. The number of ether oxygens (including phenoxy) is 2. The van der Waals surface area contributed by atoms with Gasteiger partial charge in [-0.15, -0.1) is 0 Å². The fourth-order valence-electron chi connectivity index (χ4n) is 5.17. The molecule has 0 aliphatic carbocycles. The molecule has 2 atom stereocenters. The predicted octanol–water partition coefficient (Wildman–Crippen LogP) is 5.90. The number of carboxylic acid groups (broad SMARTS) is 1. The third-order valence-electron chi connectivity index (χ3n) is 6.78. The highest BCUT2D eigenvalue weighted by molar-refractivity contribution is 5.87. The number of carbonyl (C=O) groups is 1. The Morgan fingerprint density at radius 3 is 2.52 bits per heavy atom. The van der Waals surface area contributed by atoms with E-state index in [4.69, 9.17) is 14.6 Å². The second-order valence-corrected chi connectivity index (χ2v) is 11.1. The number of benzene rings is 2. The van der Waals surface area contributed by atoms with Crippen LogP contribution in [0.3, 0.4) is 0 Å². The molecule has 0 radical (unpaired) electrons. The molecule has 1 aromatic heterocycles. The minimum absolute atomic E-state index is 0.0599. The molecule has 8 heteroatoms. The molecule has 1 aliphatic rings. The number of aliphatic hydroxyl groups is 2. The monoisotopic (exact) mass is 549 g/mol. The van der Waals surface area contributed by atoms with Crippen LogP contribution in [-0.4, -0.2) is 44.1 Å². The van der Waals surface area contributed by atoms with Crippen molar-refractivity contribution in [3.8, 4) is 22.6 Å². The summed E-state index contributed by atoms with van der Waals surface area (Å²) in [5.41, 5.74) is 4.43. The van der Waals surface area contributed by atoms with Crippen molar-refractivity contribution in [1.82, 2.24) is 4.98 Å². The smallest absolute Gasteiger partial charge is 0.305 e. The molecule has 0 amide bonds. The summed E-state index contributed by atoms with van der Waals surface area (Å²) in [5, 5.41) is 29.7. The normalized spacial score (nSPS) is 15.6. The summed E-state index contributed by atoms with van der Waals surface area (Å²) in [5.74, 6) is -0.312. The second-order valence-electron chi connectivity index (χ2n) is 11.1. The maximum absolute atomic E-state index is 14.0. The Morgan fingerprint density at radius 1 is 1.18 bits per heavy atom. The molecule has 0 saturated heterocycles. The standard InChI is InChI=1S/C32H36FNO6/c1-19(2)28-25(13-12-23(35)15-24(36)16-27(37)38)29(20-8-10-21(33)11-9-20)31(30-26(28)17-32(3,4)40-30)39-18-22-7-5-6-14-34-22/h5-14,19,23-24,35-36H,15-18H2,1-4H3,(H,37,38)/b13-12+. The lowest BCUT2D eigenvalue weighted by molar-refractivity contribution is -0.139. The van der Waals surface area contributed by atoms with Crippen LogP contribution in [0, 0.1) is 5.82 Å². The van der Waals surface area contributed by atoms with E-state index in [-0.39, 0.29) is 24.8 Å². The Morgan fingerprint density at radius 2 is 1.90 bits per heavy atom. The summed E-state index contributed by atoms with van der Waals surface area (Å²) in [7, 11) is 0. The molecule has 3 aromatic rings. The first kappa shape index (κ1) is 29.2. The summed E-state index contributed by atoms with van der Waals surface area (Å²) in [6.45, 7) is 8.36. The van der Waals surface area contributed by atoms with E-state index in [9.17, 15) is 19.4 Å². The first-order valence-electron chi connectivity index (χ1n) is 13.4. The summed E-state index contributed by atoms with van der Waals surface area (Å²) in [4.78, 5) is 15.3. The van der Waals surface area contributed by atoms with Crippen LogP contribution in [0.25, 0.3) is 17.2 Å². The third-order valence-corrected chi connectivity index (χ3v) is 6.78. The summed E-state index contributed by atoms with van der Waals surface area (Å²) < 4.78 is 26.9. The Hall–Kier alpha value is -3.75. The number of aliphatic carboxylic acids is 1. The molecule has 0 spiro atoms. The van der Waals surface area contributed by atoms with Gasteiger partial charge in [0.2, 0.25) is 0 Å². The fraction of sp³-hybridized carbons (Fsp3) is 0.375. The van der Waals surface area contributed by atoms with E-state index in [2.05, 4.69) is 18.8 Å². The molecular formula is C32H36FNO6. The Bertz CT molecular complexity index is 1370. The zero-order chi connectivity index (χ0) is 29.0. The van der Waals surface area contributed by atoms with E-state index in [0.29, 0.717) is 29.0 Å². The predicted molar refractivity (Wildman–Crippen MR) is 151 cm³/mol. The van der Waals surface area contributed by atoms with E-state index in [1.165, 1.54) is 12.1 Å². The number of hydrogen-bond donors (Lipinski definition) is 3. The van der Waals surface area contributed by atoms with Crippen molar-refractivity contribution in [3.63, 3.8) is 0 Å². The van der Waals surface area contributed by atoms with Crippen molar-refractivity contribution >= 4 is 12.0 Å². The molecule has 2 unspecified atom stereocenters. The first-order chi connectivity index (χ1) is 18.9. The van der Waals surface area contributed by atoms with Crippen LogP contribution in [0.15, 0.2) is 54.7 Å². The quantitative estimate of drug-likeness (QED) is 0.273. The molecular weight excluding hydrogens is 513 g/mol. The van der Waals surface area contributed by atoms with Crippen LogP contribution in [0.4, 0.5) is 4.39 Å². The topological polar surface area (TPSA) is 109 Å². The summed E-state index contributed by atoms with van der Waals surface area (Å²) >= 11 is 0. The molecule has 1 aliphatic heterocycles. The van der Waals surface area contributed by atoms with Crippen LogP contribution in [0.2, 0.25) is 0 Å². The number of aromatic nitrogens is 1. The third kappa shape index (κ3) is 6.87. The molecule has 2 aromatic carbocycles. The molecule has 0 bridgehead atoms. The minimum Gasteiger partial charge on any atom is -0.483 e. The number of carboxylic acids is 1. The number of fused-ring (bicyclic) bond motifs is 1. The number of aliphatic hydroxyl groups excluding tert-OH is 2. The zero-order valence-electron chi connectivity index (χ0n) is 23.2. The van der Waals surface area contributed by atoms with Gasteiger partial charge in [0.25, 0.3) is 0 Å². The van der Waals surface area contributed by atoms with Gasteiger partial charge in [-0.2, -0.15) is 0 Å². The highest BCUT2D eigenvalue weighted by Gasteiger charge is 2.38. The van der Waals surface area contributed by atoms with Crippen molar-refractivity contribution in [2.24, 2.45) is 0 Å². The molecule has 0 saturated carbocycles. The molecule has 212 valence electrons. The van der Waals surface area contributed by atoms with Crippen molar-refractivity contribution in [2.75, 3.05) is 0 Å². The zero-order valence-corrected chi connectivity index (χ0v) is 23.2. The van der Waals surface area contributed by atoms with E-state index in [0.717, 1.165) is 22.4 Å². The van der Waals surface area contributed by atoms with Gasteiger partial charge in [0, 0.05) is 30.2 Å². The lowest BCUT2D eigenvalue weighted by atomic mass is 9.83. The van der Waals surface area contributed by atoms with Gasteiger partial charge in [-0.05, 0) is 60.7 Å². The van der Waals surface area contributed by atoms with E-state index < -0.39 is 30.2 Å². The summed E-state index contributed by atoms with van der Waals surface area (Å²) in [6.07, 6.45) is 2.80. The first-order valence-corrected chi connectivity index (χ1v) is 13.4. The van der Waals surface area contributed by atoms with Crippen molar-refractivity contribution < 1.29 is 34.0 Å². The fourth-order valence-corrected chi connectivity index (χ4v) is 5.17. The second kappa shape index (κ2) is 12.2. The molecule has 3 N–H and O–H groups in total. The SMILES string of the molecule is CC(C)c1c(/C=C/C(O)CC(O)CC(=O)O)c(-c2ccc(F)cc2)c(OCc2ccccn2)c2c1CC(C)(C)O2. The van der Waals surface area contributed by atoms with Crippen LogP contribution >= 0.6 is 0 Å². The van der Waals surface area contributed by atoms with E-state index in [1.807, 2.05) is 32.0 Å². The average Bonchev–Trinajstić information content (AvgIpc) is 3.20. The molecule has 2 heterocycles. The highest BCUT2D eigenvalue weighted by Crippen LogP contribution is 2.53. The largest absolute Gasteiger partial charge is 0.483 e. The lowest BCUT2D eigenvalue weighted by Gasteiger charge is -2.24. The van der Waals surface area contributed by atoms with Gasteiger partial charge in [0.05, 0.1) is 24.3 Å². The van der Waals surface area contributed by atoms with E-state index >= 15 is 0 Å². The van der Waals surface area contributed by atoms with Crippen LogP contribution in [0.5, 0.6) is 11.5 Å². The van der Waals surface area contributed by atoms with Gasteiger partial charge in [-0.1, -0.05) is 44.2 Å². The lowest BCUT2D eigenvalue weighted by Crippen LogP contribution is -2.25. The Balaban J connectivity index is 1.91. The molecule has 4 rings (SSSR count). The molecule has 7 nitrogen and oxygen atoms in total. The van der Waals surface area contributed by atoms with Gasteiger partial charge in [0.15, 0.2) is 11.5 Å². The van der Waals surface area contributed by atoms with Gasteiger partial charge < -0.3 is 24.8 Å². The van der Waals surface area contributed by atoms with Gasteiger partial charge in [0.1, 0.15) is 18.0 Å². The van der Waals surface area contributed by atoms with E-state index in [1.54, 1.807) is 30.5 Å². The van der Waals surface area contributed by atoms with Gasteiger partial charge >= 0.3 is 5.97 Å². The highest BCUT2D eigenvalue weighted by atomic mass is 19.1. The van der Waals surface area contributed by atoms with Crippen molar-refractivity contribution in [3.05, 3.63) is 82.9 Å². The maximum Gasteiger partial charge on any atom is 0.305 e. The Kier molecular flexibility index (Phi) is 8.91. The maximum atomic E-state index is 14.0. The van der Waals surface area contributed by atoms with Crippen molar-refractivity contribution in [1.29, 1.82) is 0 Å². The number of rotatable bonds is 11. The van der Waals surface area contributed by atoms with Crippen LogP contribution in [0.1, 0.15) is 68.8 Å². The Labute approximate surface area is 233 Å². The molecule has 40 heavy (non-hydrogen) atoms. The summed E-state index contributed by atoms with van der Waals surface area (Å²) in [6, 6.07) is 11.7.